The van der Waals surface area contributed by atoms with Gasteiger partial charge in [0.2, 0.25) is 53.1 Å². The Hall–Kier alpha value is -6.18. The average Bonchev–Trinajstić information content (AvgIpc) is 3.73. The predicted molar refractivity (Wildman–Crippen MR) is 221 cm³/mol. The quantitative estimate of drug-likeness (QED) is 0.0118. The molecule has 0 aliphatic carbocycles. The Balaban J connectivity index is 2.48. The lowest BCUT2D eigenvalue weighted by Crippen LogP contribution is -2.60. The fraction of sp³-hybridized carbons (Fsp3) is 0.615. The van der Waals surface area contributed by atoms with E-state index in [1.807, 2.05) is 5.32 Å². The van der Waals surface area contributed by atoms with E-state index in [1.54, 1.807) is 27.7 Å². The number of primary amides is 2. The second-order valence-electron chi connectivity index (χ2n) is 16.3. The van der Waals surface area contributed by atoms with Crippen molar-refractivity contribution in [2.24, 2.45) is 45.5 Å². The molecule has 0 unspecified atom stereocenters. The van der Waals surface area contributed by atoms with Crippen LogP contribution in [0, 0.1) is 40.9 Å². The minimum Gasteiger partial charge on any atom is -0.394 e. The zero-order valence-corrected chi connectivity index (χ0v) is 36.4. The number of aliphatic hydroxyl groups is 1. The van der Waals surface area contributed by atoms with Gasteiger partial charge in [0, 0.05) is 25.1 Å². The summed E-state index contributed by atoms with van der Waals surface area (Å²) in [4.78, 5) is 111. The van der Waals surface area contributed by atoms with Gasteiger partial charge in [-0.25, -0.2) is 22.0 Å². The molecule has 8 amide bonds. The van der Waals surface area contributed by atoms with Crippen molar-refractivity contribution in [1.29, 1.82) is 0 Å². The number of nitrogens with one attached hydrogen (secondary N) is 5. The minimum absolute atomic E-state index is 0.0276. The number of hydrogen-bond acceptors (Lipinski definition) is 11. The number of aliphatic hydroxyl groups excluding tert-OH is 1. The Morgan fingerprint density at radius 1 is 0.677 bits per heavy atom. The highest BCUT2D eigenvalue weighted by Crippen LogP contribution is 2.25. The molecule has 1 fully saturated rings. The molecule has 0 saturated carbocycles. The topological polar surface area (TPSA) is 363 Å². The van der Waals surface area contributed by atoms with Crippen LogP contribution in [0.2, 0.25) is 0 Å². The van der Waals surface area contributed by atoms with Gasteiger partial charge in [-0.05, 0) is 50.4 Å². The third-order valence-corrected chi connectivity index (χ3v) is 10.0. The molecule has 7 atom stereocenters. The molecule has 0 radical (unpaired) electrons. The van der Waals surface area contributed by atoms with Crippen molar-refractivity contribution >= 4 is 53.2 Å². The van der Waals surface area contributed by atoms with Crippen LogP contribution in [0.5, 0.6) is 0 Å². The molecule has 1 saturated heterocycles. The van der Waals surface area contributed by atoms with Crippen LogP contribution >= 0.6 is 0 Å². The number of hydrogen-bond donors (Lipinski definition) is 11. The van der Waals surface area contributed by atoms with Crippen LogP contribution in [0.1, 0.15) is 78.2 Å². The number of amides is 8. The Bertz CT molecular complexity index is 1930. The summed E-state index contributed by atoms with van der Waals surface area (Å²) in [5, 5.41) is 21.0. The number of aliphatic imine (C=N–C) groups is 1. The van der Waals surface area contributed by atoms with E-state index in [1.165, 1.54) is 0 Å². The molecule has 364 valence electrons. The summed E-state index contributed by atoms with van der Waals surface area (Å²) in [7, 11) is 0. The third kappa shape index (κ3) is 16.4. The number of carbonyl (C=O) groups excluding carboxylic acids is 8. The second kappa shape index (κ2) is 25.3. The van der Waals surface area contributed by atoms with Gasteiger partial charge in [0.25, 0.3) is 0 Å². The molecule has 1 aromatic rings. The number of rotatable bonds is 25. The van der Waals surface area contributed by atoms with Gasteiger partial charge in [-0.3, -0.25) is 43.3 Å². The fourth-order valence-electron chi connectivity index (χ4n) is 6.80. The summed E-state index contributed by atoms with van der Waals surface area (Å²) >= 11 is 0. The zero-order valence-electron chi connectivity index (χ0n) is 36.4. The molecule has 1 heterocycles. The van der Waals surface area contributed by atoms with E-state index >= 15 is 0 Å². The lowest BCUT2D eigenvalue weighted by atomic mass is 9.98. The van der Waals surface area contributed by atoms with Crippen molar-refractivity contribution < 1.29 is 65.4 Å². The van der Waals surface area contributed by atoms with Crippen molar-refractivity contribution in [2.45, 2.75) is 121 Å². The van der Waals surface area contributed by atoms with Crippen LogP contribution < -0.4 is 55.3 Å². The van der Waals surface area contributed by atoms with Crippen molar-refractivity contribution in [3.8, 4) is 0 Å². The summed E-state index contributed by atoms with van der Waals surface area (Å²) < 4.78 is 71.6. The highest BCUT2D eigenvalue weighted by Gasteiger charge is 2.39. The van der Waals surface area contributed by atoms with Crippen LogP contribution in [0.4, 0.5) is 22.0 Å². The van der Waals surface area contributed by atoms with Crippen molar-refractivity contribution in [2.75, 3.05) is 19.7 Å². The number of guanidine groups is 1. The lowest BCUT2D eigenvalue weighted by molar-refractivity contribution is -0.142. The predicted octanol–water partition coefficient (Wildman–Crippen LogP) is -2.83. The fourth-order valence-corrected chi connectivity index (χ4v) is 6.80. The van der Waals surface area contributed by atoms with Gasteiger partial charge in [0.15, 0.2) is 29.2 Å². The van der Waals surface area contributed by atoms with E-state index < -0.39 is 150 Å². The molecule has 1 aromatic carbocycles. The van der Waals surface area contributed by atoms with E-state index in [0.717, 1.165) is 4.90 Å². The van der Waals surface area contributed by atoms with Crippen LogP contribution in [0.15, 0.2) is 4.99 Å². The van der Waals surface area contributed by atoms with E-state index in [2.05, 4.69) is 26.3 Å². The molecule has 0 aromatic heterocycles. The SMILES string of the molecule is CC(C)C[C@H](NC(=O)[C@H](CC(C)C)NC(=O)[C@H](Cc1c(F)c(F)c(F)c(F)c1F)NC(=O)[C@@H](N)CO)C(=O)N[C@@H](CCCN=C(N)N)C(=O)N[C@@H](CC(N)=O)C(=O)N1CCC[C@H]1C(N)=O. The Morgan fingerprint density at radius 3 is 1.58 bits per heavy atom. The standard InChI is InChI=1S/C39H59F5N12O9/c1-16(2)11-21(35(62)51-20(7-5-9-50-39(48)49)34(61)55-24(14-26(46)58)38(65)56-10-6-8-25(56)32(47)59)53-36(63)22(12-17(3)4)54-37(64)23(52-33(60)19(45)15-57)13-18-27(40)29(42)31(44)30(43)28(18)41/h16-17,19-25,57H,5-15,45H2,1-4H3,(H2,46,58)(H2,47,59)(H,51,62)(H,52,60)(H,53,63)(H,54,64)(H,55,61)(H4,48,49,50)/t19-,20-,21-,22-,23-,24-,25-/m0/s1. The molecule has 0 bridgehead atoms. The molecule has 21 nitrogen and oxygen atoms in total. The molecular formula is C39H59F5N12O9. The van der Waals surface area contributed by atoms with Gasteiger partial charge >= 0.3 is 0 Å². The van der Waals surface area contributed by atoms with E-state index in [4.69, 9.17) is 28.7 Å². The van der Waals surface area contributed by atoms with Gasteiger partial charge in [0.05, 0.1) is 13.0 Å². The van der Waals surface area contributed by atoms with E-state index in [-0.39, 0.29) is 57.1 Å². The maximum atomic E-state index is 14.8. The van der Waals surface area contributed by atoms with Gasteiger partial charge < -0.3 is 65.3 Å². The lowest BCUT2D eigenvalue weighted by Gasteiger charge is -2.30. The van der Waals surface area contributed by atoms with Crippen molar-refractivity contribution in [1.82, 2.24) is 31.5 Å². The number of nitrogens with two attached hydrogens (primary N) is 5. The summed E-state index contributed by atoms with van der Waals surface area (Å²) in [6, 6.07) is -11.0. The first-order valence-electron chi connectivity index (χ1n) is 20.6. The number of carbonyl (C=O) groups is 8. The first-order valence-corrected chi connectivity index (χ1v) is 20.6. The normalized spacial score (nSPS) is 16.4. The summed E-state index contributed by atoms with van der Waals surface area (Å²) in [5.41, 5.74) is 25.7. The van der Waals surface area contributed by atoms with E-state index in [9.17, 15) is 65.4 Å². The number of halogens is 5. The summed E-state index contributed by atoms with van der Waals surface area (Å²) in [6.45, 7) is 5.68. The first-order chi connectivity index (χ1) is 30.3. The summed E-state index contributed by atoms with van der Waals surface area (Å²) in [5.74, 6) is -21.0. The number of nitrogens with zero attached hydrogens (tertiary/aromatic N) is 2. The smallest absolute Gasteiger partial charge is 0.246 e. The van der Waals surface area contributed by atoms with E-state index in [0.29, 0.717) is 6.42 Å². The second-order valence-corrected chi connectivity index (χ2v) is 16.3. The Morgan fingerprint density at radius 2 is 1.12 bits per heavy atom. The van der Waals surface area contributed by atoms with Crippen LogP contribution in [0.25, 0.3) is 0 Å². The van der Waals surface area contributed by atoms with Gasteiger partial charge in [-0.1, -0.05) is 27.7 Å². The maximum Gasteiger partial charge on any atom is 0.246 e. The van der Waals surface area contributed by atoms with Crippen LogP contribution in [-0.2, 0) is 44.8 Å². The van der Waals surface area contributed by atoms with Gasteiger partial charge in [0.1, 0.15) is 42.3 Å². The summed E-state index contributed by atoms with van der Waals surface area (Å²) in [6.07, 6.45) is -1.80. The molecule has 1 aliphatic heterocycles. The van der Waals surface area contributed by atoms with Crippen molar-refractivity contribution in [3.63, 3.8) is 0 Å². The zero-order chi connectivity index (χ0) is 49.5. The highest BCUT2D eigenvalue weighted by molar-refractivity contribution is 5.98. The van der Waals surface area contributed by atoms with Crippen LogP contribution in [0.3, 0.4) is 0 Å². The molecular weight excluding hydrogens is 875 g/mol. The monoisotopic (exact) mass is 934 g/mol. The molecule has 2 rings (SSSR count). The maximum absolute atomic E-state index is 14.8. The Kier molecular flexibility index (Phi) is 21.4. The molecule has 26 heteroatoms. The molecule has 0 spiro atoms. The number of benzene rings is 1. The van der Waals surface area contributed by atoms with Crippen molar-refractivity contribution in [3.05, 3.63) is 34.6 Å². The first kappa shape index (κ1) is 55.0. The molecule has 16 N–H and O–H groups in total. The highest BCUT2D eigenvalue weighted by atomic mass is 19.2. The molecule has 65 heavy (non-hydrogen) atoms. The number of likely N-dealkylation sites (tertiary alicyclic amines) is 1. The Labute approximate surface area is 370 Å². The van der Waals surface area contributed by atoms with Crippen LogP contribution in [-0.4, -0.2) is 125 Å². The average molecular weight is 935 g/mol. The largest absolute Gasteiger partial charge is 0.394 e. The molecule has 1 aliphatic rings. The third-order valence-electron chi connectivity index (χ3n) is 10.0. The minimum atomic E-state index is -2.48. The van der Waals surface area contributed by atoms with Gasteiger partial charge in [-0.15, -0.1) is 0 Å². The van der Waals surface area contributed by atoms with Gasteiger partial charge in [-0.2, -0.15) is 0 Å².